The van der Waals surface area contributed by atoms with Gasteiger partial charge >= 0.3 is 0 Å². The molecule has 2 aromatic rings. The minimum Gasteiger partial charge on any atom is -0.377 e. The van der Waals surface area contributed by atoms with Crippen LogP contribution in [0.15, 0.2) is 26.7 Å². The number of halogens is 1. The zero-order valence-corrected chi connectivity index (χ0v) is 11.8. The first kappa shape index (κ1) is 11.2. The van der Waals surface area contributed by atoms with Crippen molar-refractivity contribution >= 4 is 44.3 Å². The van der Waals surface area contributed by atoms with Crippen molar-refractivity contribution in [2.24, 2.45) is 0 Å². The van der Waals surface area contributed by atoms with Gasteiger partial charge in [0.05, 0.1) is 9.83 Å². The zero-order chi connectivity index (χ0) is 10.8. The van der Waals surface area contributed by atoms with Crippen LogP contribution in [0.1, 0.15) is 23.4 Å². The Labute approximate surface area is 106 Å². The highest BCUT2D eigenvalue weighted by molar-refractivity contribution is 9.11. The maximum Gasteiger partial charge on any atom is 0.0702 e. The van der Waals surface area contributed by atoms with Crippen molar-refractivity contribution in [3.8, 4) is 0 Å². The van der Waals surface area contributed by atoms with Gasteiger partial charge in [-0.3, -0.25) is 0 Å². The lowest BCUT2D eigenvalue weighted by atomic mass is 10.2. The van der Waals surface area contributed by atoms with E-state index in [4.69, 9.17) is 0 Å². The highest BCUT2D eigenvalue weighted by Crippen LogP contribution is 2.30. The van der Waals surface area contributed by atoms with Gasteiger partial charge < -0.3 is 5.32 Å². The van der Waals surface area contributed by atoms with Crippen LogP contribution < -0.4 is 5.32 Å². The molecule has 0 aromatic carbocycles. The first-order valence-electron chi connectivity index (χ1n) is 4.71. The molecule has 0 spiro atoms. The number of rotatable bonds is 3. The van der Waals surface area contributed by atoms with Crippen molar-refractivity contribution in [1.82, 2.24) is 0 Å². The van der Waals surface area contributed by atoms with Crippen molar-refractivity contribution in [1.29, 1.82) is 0 Å². The fraction of sp³-hybridized carbons (Fsp3) is 0.273. The molecule has 0 amide bonds. The predicted octanol–water partition coefficient (Wildman–Crippen LogP) is 5.05. The van der Waals surface area contributed by atoms with Crippen LogP contribution in [0.25, 0.3) is 0 Å². The van der Waals surface area contributed by atoms with E-state index >= 15 is 0 Å². The van der Waals surface area contributed by atoms with Gasteiger partial charge in [0.15, 0.2) is 0 Å². The van der Waals surface area contributed by atoms with Gasteiger partial charge in [-0.15, -0.1) is 22.7 Å². The zero-order valence-electron chi connectivity index (χ0n) is 8.58. The summed E-state index contributed by atoms with van der Waals surface area (Å²) < 4.78 is 1.19. The van der Waals surface area contributed by atoms with Gasteiger partial charge in [0.1, 0.15) is 0 Å². The standard InChI is InChI=1S/C11H12BrNS2/c1-7-5-14-6-9(7)13-8(2)10-3-4-11(12)15-10/h3-6,8,13H,1-2H3. The summed E-state index contributed by atoms with van der Waals surface area (Å²) in [6, 6.07) is 4.63. The first-order valence-corrected chi connectivity index (χ1v) is 7.26. The molecule has 80 valence electrons. The lowest BCUT2D eigenvalue weighted by Crippen LogP contribution is -2.04. The second kappa shape index (κ2) is 4.68. The molecular formula is C11H12BrNS2. The minimum atomic E-state index is 0.370. The third-order valence-electron chi connectivity index (χ3n) is 2.25. The Morgan fingerprint density at radius 1 is 1.33 bits per heavy atom. The monoisotopic (exact) mass is 301 g/mol. The summed E-state index contributed by atoms with van der Waals surface area (Å²) in [5.74, 6) is 0. The van der Waals surface area contributed by atoms with Crippen LogP contribution >= 0.6 is 38.6 Å². The molecule has 2 heterocycles. The van der Waals surface area contributed by atoms with Crippen molar-refractivity contribution in [2.75, 3.05) is 5.32 Å². The normalized spacial score (nSPS) is 12.7. The molecular weight excluding hydrogens is 290 g/mol. The predicted molar refractivity (Wildman–Crippen MR) is 73.1 cm³/mol. The Kier molecular flexibility index (Phi) is 3.49. The highest BCUT2D eigenvalue weighted by atomic mass is 79.9. The van der Waals surface area contributed by atoms with Crippen molar-refractivity contribution in [2.45, 2.75) is 19.9 Å². The lowest BCUT2D eigenvalue weighted by molar-refractivity contribution is 0.907. The number of anilines is 1. The van der Waals surface area contributed by atoms with Crippen LogP contribution in [0.5, 0.6) is 0 Å². The molecule has 0 saturated heterocycles. The molecule has 4 heteroatoms. The number of aryl methyl sites for hydroxylation is 1. The number of hydrogen-bond acceptors (Lipinski definition) is 3. The Morgan fingerprint density at radius 2 is 2.13 bits per heavy atom. The number of nitrogens with one attached hydrogen (secondary N) is 1. The smallest absolute Gasteiger partial charge is 0.0702 e. The Balaban J connectivity index is 2.10. The second-order valence-corrected chi connectivity index (χ2v) is 6.71. The van der Waals surface area contributed by atoms with E-state index in [9.17, 15) is 0 Å². The molecule has 0 radical (unpaired) electrons. The van der Waals surface area contributed by atoms with Gasteiger partial charge in [0.25, 0.3) is 0 Å². The molecule has 1 atom stereocenters. The van der Waals surface area contributed by atoms with Crippen molar-refractivity contribution in [3.05, 3.63) is 37.1 Å². The summed E-state index contributed by atoms with van der Waals surface area (Å²) in [7, 11) is 0. The summed E-state index contributed by atoms with van der Waals surface area (Å²) in [5, 5.41) is 7.85. The summed E-state index contributed by atoms with van der Waals surface area (Å²) >= 11 is 7.01. The van der Waals surface area contributed by atoms with Crippen LogP contribution in [0.4, 0.5) is 5.69 Å². The van der Waals surface area contributed by atoms with E-state index in [-0.39, 0.29) is 0 Å². The molecule has 1 N–H and O–H groups in total. The van der Waals surface area contributed by atoms with Gasteiger partial charge in [-0.1, -0.05) is 0 Å². The lowest BCUT2D eigenvalue weighted by Gasteiger charge is -2.12. The van der Waals surface area contributed by atoms with Gasteiger partial charge in [0, 0.05) is 15.9 Å². The first-order chi connectivity index (χ1) is 7.16. The van der Waals surface area contributed by atoms with E-state index in [0.717, 1.165) is 0 Å². The number of thiophene rings is 2. The van der Waals surface area contributed by atoms with E-state index in [2.05, 4.69) is 58.0 Å². The Morgan fingerprint density at radius 3 is 2.67 bits per heavy atom. The van der Waals surface area contributed by atoms with Crippen molar-refractivity contribution in [3.63, 3.8) is 0 Å². The fourth-order valence-electron chi connectivity index (χ4n) is 1.37. The molecule has 1 nitrogen and oxygen atoms in total. The van der Waals surface area contributed by atoms with E-state index in [1.165, 1.54) is 19.9 Å². The third-order valence-corrected chi connectivity index (χ3v) is 4.92. The maximum absolute atomic E-state index is 3.52. The molecule has 0 fully saturated rings. The summed E-state index contributed by atoms with van der Waals surface area (Å²) in [4.78, 5) is 1.35. The molecule has 0 aliphatic carbocycles. The van der Waals surface area contributed by atoms with Crippen LogP contribution in [0, 0.1) is 6.92 Å². The van der Waals surface area contributed by atoms with Crippen LogP contribution in [0.2, 0.25) is 0 Å². The molecule has 2 rings (SSSR count). The SMILES string of the molecule is Cc1cscc1NC(C)c1ccc(Br)s1. The molecule has 2 aromatic heterocycles. The van der Waals surface area contributed by atoms with Crippen LogP contribution in [-0.4, -0.2) is 0 Å². The van der Waals surface area contributed by atoms with E-state index in [0.29, 0.717) is 6.04 Å². The highest BCUT2D eigenvalue weighted by Gasteiger charge is 2.09. The van der Waals surface area contributed by atoms with Gasteiger partial charge in [-0.2, -0.15) is 0 Å². The van der Waals surface area contributed by atoms with E-state index in [1.54, 1.807) is 22.7 Å². The van der Waals surface area contributed by atoms with Crippen LogP contribution in [-0.2, 0) is 0 Å². The van der Waals surface area contributed by atoms with Gasteiger partial charge in [0.2, 0.25) is 0 Å². The van der Waals surface area contributed by atoms with Crippen molar-refractivity contribution < 1.29 is 0 Å². The van der Waals surface area contributed by atoms with E-state index < -0.39 is 0 Å². The number of hydrogen-bond donors (Lipinski definition) is 1. The molecule has 1 unspecified atom stereocenters. The Hall–Kier alpha value is -0.320. The topological polar surface area (TPSA) is 12.0 Å². The largest absolute Gasteiger partial charge is 0.377 e. The molecule has 0 saturated carbocycles. The van der Waals surface area contributed by atoms with E-state index in [1.807, 2.05) is 0 Å². The quantitative estimate of drug-likeness (QED) is 0.836. The molecule has 0 aliphatic heterocycles. The summed E-state index contributed by atoms with van der Waals surface area (Å²) in [6.45, 7) is 4.32. The maximum atomic E-state index is 3.52. The average Bonchev–Trinajstić information content (AvgIpc) is 2.77. The average molecular weight is 302 g/mol. The fourth-order valence-corrected chi connectivity index (χ4v) is 3.59. The van der Waals surface area contributed by atoms with Gasteiger partial charge in [-0.05, 0) is 52.9 Å². The second-order valence-electron chi connectivity index (χ2n) is 3.48. The molecule has 0 aliphatic rings. The minimum absolute atomic E-state index is 0.370. The van der Waals surface area contributed by atoms with Gasteiger partial charge in [-0.25, -0.2) is 0 Å². The Bertz CT molecular complexity index is 447. The third kappa shape index (κ3) is 2.62. The summed E-state index contributed by atoms with van der Waals surface area (Å²) in [6.07, 6.45) is 0. The molecule has 0 bridgehead atoms. The molecule has 15 heavy (non-hydrogen) atoms. The van der Waals surface area contributed by atoms with Crippen LogP contribution in [0.3, 0.4) is 0 Å². The summed E-state index contributed by atoms with van der Waals surface area (Å²) in [5.41, 5.74) is 2.57.